The first-order valence-corrected chi connectivity index (χ1v) is 5.35. The number of hydrogen-bond acceptors (Lipinski definition) is 7. The van der Waals surface area contributed by atoms with E-state index >= 15 is 0 Å². The second kappa shape index (κ2) is 3.65. The minimum Gasteiger partial charge on any atom is -0.368 e. The summed E-state index contributed by atoms with van der Waals surface area (Å²) in [5.41, 5.74) is 5.63. The fourth-order valence-corrected chi connectivity index (χ4v) is 1.55. The van der Waals surface area contributed by atoms with Crippen molar-refractivity contribution in [2.75, 3.05) is 11.1 Å². The molecule has 0 spiro atoms. The van der Waals surface area contributed by atoms with E-state index in [0.717, 1.165) is 6.42 Å². The fourth-order valence-electron chi connectivity index (χ4n) is 1.55. The molecule has 0 radical (unpaired) electrons. The van der Waals surface area contributed by atoms with Crippen LogP contribution >= 0.6 is 0 Å². The van der Waals surface area contributed by atoms with Gasteiger partial charge in [-0.2, -0.15) is 24.7 Å². The van der Waals surface area contributed by atoms with Gasteiger partial charge in [0.1, 0.15) is 12.7 Å². The maximum absolute atomic E-state index is 5.63. The highest BCUT2D eigenvalue weighted by Gasteiger charge is 2.33. The average Bonchev–Trinajstić information content (AvgIpc) is 2.83. The molecule has 2 heterocycles. The van der Waals surface area contributed by atoms with Crippen molar-refractivity contribution in [1.82, 2.24) is 29.7 Å². The summed E-state index contributed by atoms with van der Waals surface area (Å²) in [5, 5.41) is 7.15. The molecule has 1 saturated carbocycles. The number of nitrogens with zero attached hydrogens (tertiary/aromatic N) is 6. The lowest BCUT2D eigenvalue weighted by Gasteiger charge is -2.05. The van der Waals surface area contributed by atoms with E-state index in [0.29, 0.717) is 23.9 Å². The van der Waals surface area contributed by atoms with Crippen LogP contribution in [0.4, 0.5) is 11.9 Å². The van der Waals surface area contributed by atoms with Crippen LogP contribution < -0.4 is 11.1 Å². The van der Waals surface area contributed by atoms with E-state index in [9.17, 15) is 0 Å². The van der Waals surface area contributed by atoms with Gasteiger partial charge in [0.05, 0.1) is 0 Å². The summed E-state index contributed by atoms with van der Waals surface area (Å²) in [6.45, 7) is 2.17. The Morgan fingerprint density at radius 2 is 2.24 bits per heavy atom. The molecule has 0 saturated heterocycles. The molecule has 2 aromatic rings. The van der Waals surface area contributed by atoms with Gasteiger partial charge in [0, 0.05) is 6.04 Å². The Hall–Kier alpha value is -2.25. The smallest absolute Gasteiger partial charge is 0.258 e. The highest BCUT2D eigenvalue weighted by atomic mass is 15.4. The minimum absolute atomic E-state index is 0.168. The molecule has 0 bridgehead atoms. The highest BCUT2D eigenvalue weighted by Crippen LogP contribution is 2.31. The molecule has 2 aromatic heterocycles. The Balaban J connectivity index is 1.89. The molecular formula is C9H12N8. The summed E-state index contributed by atoms with van der Waals surface area (Å²) in [5.74, 6) is 1.67. The second-order valence-corrected chi connectivity index (χ2v) is 4.12. The Labute approximate surface area is 97.3 Å². The van der Waals surface area contributed by atoms with Crippen LogP contribution in [0, 0.1) is 5.92 Å². The summed E-state index contributed by atoms with van der Waals surface area (Å²) >= 11 is 0. The SMILES string of the molecule is CC1CC1Nc1nc(N)nc(-n2cncn2)n1. The topological polar surface area (TPSA) is 107 Å². The van der Waals surface area contributed by atoms with Crippen LogP contribution in [0.5, 0.6) is 0 Å². The number of nitrogens with one attached hydrogen (secondary N) is 1. The summed E-state index contributed by atoms with van der Waals surface area (Å²) < 4.78 is 1.44. The molecule has 3 N–H and O–H groups in total. The predicted molar refractivity (Wildman–Crippen MR) is 60.3 cm³/mol. The molecule has 8 heteroatoms. The Kier molecular flexibility index (Phi) is 2.13. The molecule has 1 aliphatic rings. The zero-order valence-corrected chi connectivity index (χ0v) is 9.28. The van der Waals surface area contributed by atoms with Gasteiger partial charge in [0.25, 0.3) is 5.95 Å². The van der Waals surface area contributed by atoms with E-state index in [-0.39, 0.29) is 5.95 Å². The van der Waals surface area contributed by atoms with E-state index in [2.05, 4.69) is 37.3 Å². The van der Waals surface area contributed by atoms with Gasteiger partial charge in [-0.15, -0.1) is 0 Å². The maximum atomic E-state index is 5.63. The van der Waals surface area contributed by atoms with Gasteiger partial charge in [-0.1, -0.05) is 6.92 Å². The van der Waals surface area contributed by atoms with E-state index in [1.54, 1.807) is 0 Å². The van der Waals surface area contributed by atoms with Crippen molar-refractivity contribution in [3.63, 3.8) is 0 Å². The Morgan fingerprint density at radius 3 is 2.88 bits per heavy atom. The quantitative estimate of drug-likeness (QED) is 0.757. The van der Waals surface area contributed by atoms with E-state index in [1.165, 1.54) is 17.3 Å². The third kappa shape index (κ3) is 2.01. The maximum Gasteiger partial charge on any atom is 0.258 e. The first-order chi connectivity index (χ1) is 8.22. The third-order valence-corrected chi connectivity index (χ3v) is 2.69. The highest BCUT2D eigenvalue weighted by molar-refractivity contribution is 5.36. The molecule has 2 unspecified atom stereocenters. The standard InChI is InChI=1S/C9H12N8/c1-5-2-6(5)13-8-14-7(10)15-9(16-8)17-4-11-3-12-17/h3-6H,2H2,1H3,(H3,10,13,14,15,16). The van der Waals surface area contributed by atoms with Crippen molar-refractivity contribution < 1.29 is 0 Å². The first kappa shape index (κ1) is 9.94. The number of hydrogen-bond donors (Lipinski definition) is 2. The molecule has 1 fully saturated rings. The number of rotatable bonds is 3. The zero-order chi connectivity index (χ0) is 11.8. The molecule has 17 heavy (non-hydrogen) atoms. The Morgan fingerprint density at radius 1 is 1.41 bits per heavy atom. The monoisotopic (exact) mass is 232 g/mol. The fraction of sp³-hybridized carbons (Fsp3) is 0.444. The number of nitrogen functional groups attached to an aromatic ring is 1. The van der Waals surface area contributed by atoms with Gasteiger partial charge in [-0.3, -0.25) is 0 Å². The van der Waals surface area contributed by atoms with Crippen LogP contribution in [0.3, 0.4) is 0 Å². The molecule has 8 nitrogen and oxygen atoms in total. The van der Waals surface area contributed by atoms with Crippen molar-refractivity contribution in [3.8, 4) is 5.95 Å². The molecule has 0 aliphatic heterocycles. The van der Waals surface area contributed by atoms with Crippen LogP contribution in [0.1, 0.15) is 13.3 Å². The Bertz CT molecular complexity index is 522. The number of aromatic nitrogens is 6. The molecule has 2 atom stereocenters. The molecular weight excluding hydrogens is 220 g/mol. The molecule has 3 rings (SSSR count). The minimum atomic E-state index is 0.168. The van der Waals surface area contributed by atoms with Gasteiger partial charge in [-0.05, 0) is 12.3 Å². The zero-order valence-electron chi connectivity index (χ0n) is 9.28. The van der Waals surface area contributed by atoms with Gasteiger partial charge >= 0.3 is 0 Å². The normalized spacial score (nSPS) is 22.4. The summed E-state index contributed by atoms with van der Waals surface area (Å²) in [6.07, 6.45) is 4.05. The lowest BCUT2D eigenvalue weighted by molar-refractivity contribution is 0.794. The second-order valence-electron chi connectivity index (χ2n) is 4.12. The van der Waals surface area contributed by atoms with Gasteiger partial charge in [0.15, 0.2) is 0 Å². The molecule has 88 valence electrons. The van der Waals surface area contributed by atoms with Crippen LogP contribution in [-0.2, 0) is 0 Å². The average molecular weight is 232 g/mol. The first-order valence-electron chi connectivity index (χ1n) is 5.35. The lowest BCUT2D eigenvalue weighted by Crippen LogP contribution is -2.13. The van der Waals surface area contributed by atoms with Gasteiger partial charge in [0.2, 0.25) is 11.9 Å². The van der Waals surface area contributed by atoms with Crippen LogP contribution in [-0.4, -0.2) is 35.8 Å². The predicted octanol–water partition coefficient (Wildman–Crippen LogP) is -0.145. The van der Waals surface area contributed by atoms with Crippen molar-refractivity contribution >= 4 is 11.9 Å². The molecule has 0 amide bonds. The van der Waals surface area contributed by atoms with Gasteiger partial charge < -0.3 is 11.1 Å². The lowest BCUT2D eigenvalue weighted by atomic mass is 10.5. The van der Waals surface area contributed by atoms with Gasteiger partial charge in [-0.25, -0.2) is 4.98 Å². The largest absolute Gasteiger partial charge is 0.368 e. The molecule has 0 aromatic carbocycles. The van der Waals surface area contributed by atoms with E-state index < -0.39 is 0 Å². The van der Waals surface area contributed by atoms with E-state index in [4.69, 9.17) is 5.73 Å². The summed E-state index contributed by atoms with van der Waals surface area (Å²) in [4.78, 5) is 16.1. The molecule has 1 aliphatic carbocycles. The van der Waals surface area contributed by atoms with Crippen molar-refractivity contribution in [2.24, 2.45) is 5.92 Å². The third-order valence-electron chi connectivity index (χ3n) is 2.69. The van der Waals surface area contributed by atoms with Crippen LogP contribution in [0.25, 0.3) is 5.95 Å². The summed E-state index contributed by atoms with van der Waals surface area (Å²) in [6, 6.07) is 0.431. The van der Waals surface area contributed by atoms with Crippen LogP contribution in [0.15, 0.2) is 12.7 Å². The van der Waals surface area contributed by atoms with E-state index in [1.807, 2.05) is 0 Å². The number of anilines is 2. The van der Waals surface area contributed by atoms with Crippen molar-refractivity contribution in [1.29, 1.82) is 0 Å². The van der Waals surface area contributed by atoms with Crippen molar-refractivity contribution in [2.45, 2.75) is 19.4 Å². The number of nitrogens with two attached hydrogens (primary N) is 1. The van der Waals surface area contributed by atoms with Crippen LogP contribution in [0.2, 0.25) is 0 Å². The summed E-state index contributed by atoms with van der Waals surface area (Å²) in [7, 11) is 0. The van der Waals surface area contributed by atoms with Crippen molar-refractivity contribution in [3.05, 3.63) is 12.7 Å².